The smallest absolute Gasteiger partial charge is 0.257 e. The van der Waals surface area contributed by atoms with E-state index >= 15 is 0 Å². The van der Waals surface area contributed by atoms with Crippen molar-refractivity contribution in [1.29, 1.82) is 0 Å². The Kier molecular flexibility index (Phi) is 4.46. The second kappa shape index (κ2) is 7.07. The average Bonchev–Trinajstić information content (AvgIpc) is 3.34. The number of nitrogens with one attached hydrogen (secondary N) is 1. The number of furan rings is 1. The van der Waals surface area contributed by atoms with Crippen molar-refractivity contribution in [2.75, 3.05) is 0 Å². The van der Waals surface area contributed by atoms with Crippen molar-refractivity contribution in [2.45, 2.75) is 26.8 Å². The number of benzene rings is 1. The molecule has 0 aliphatic rings. The molecule has 0 aliphatic heterocycles. The minimum absolute atomic E-state index is 0.219. The minimum Gasteiger partial charge on any atom is -0.467 e. The fourth-order valence-corrected chi connectivity index (χ4v) is 3.20. The highest BCUT2D eigenvalue weighted by molar-refractivity contribution is 5.99. The van der Waals surface area contributed by atoms with Crippen LogP contribution >= 0.6 is 0 Å². The topological polar surface area (TPSA) is 72.4 Å². The Balaban J connectivity index is 1.64. The van der Waals surface area contributed by atoms with Gasteiger partial charge in [-0.1, -0.05) is 30.3 Å². The van der Waals surface area contributed by atoms with Crippen molar-refractivity contribution in [1.82, 2.24) is 19.9 Å². The lowest BCUT2D eigenvalue weighted by Crippen LogP contribution is -2.22. The molecule has 4 rings (SSSR count). The molecule has 0 aliphatic carbocycles. The summed E-state index contributed by atoms with van der Waals surface area (Å²) in [6, 6.07) is 13.9. The second-order valence-corrected chi connectivity index (χ2v) is 6.48. The first kappa shape index (κ1) is 17.0. The summed E-state index contributed by atoms with van der Waals surface area (Å²) in [6.45, 7) is 4.31. The van der Waals surface area contributed by atoms with Crippen LogP contribution in [-0.4, -0.2) is 20.5 Å². The largest absolute Gasteiger partial charge is 0.467 e. The highest BCUT2D eigenvalue weighted by Gasteiger charge is 2.18. The first-order chi connectivity index (χ1) is 13.1. The van der Waals surface area contributed by atoms with Crippen LogP contribution in [0.2, 0.25) is 0 Å². The Morgan fingerprint density at radius 3 is 2.70 bits per heavy atom. The van der Waals surface area contributed by atoms with E-state index < -0.39 is 0 Å². The minimum atomic E-state index is -0.219. The van der Waals surface area contributed by atoms with E-state index in [1.165, 1.54) is 5.56 Å². The average molecular weight is 360 g/mol. The predicted octanol–water partition coefficient (Wildman–Crippen LogP) is 3.46. The lowest BCUT2D eigenvalue weighted by atomic mass is 10.0. The third kappa shape index (κ3) is 3.33. The molecular weight excluding hydrogens is 340 g/mol. The van der Waals surface area contributed by atoms with Crippen molar-refractivity contribution < 1.29 is 9.21 Å². The van der Waals surface area contributed by atoms with E-state index in [2.05, 4.69) is 27.5 Å². The molecule has 0 bridgehead atoms. The highest BCUT2D eigenvalue weighted by atomic mass is 16.3. The van der Waals surface area contributed by atoms with Gasteiger partial charge < -0.3 is 9.73 Å². The van der Waals surface area contributed by atoms with Crippen LogP contribution in [0.25, 0.3) is 5.65 Å². The van der Waals surface area contributed by atoms with Gasteiger partial charge in [0.15, 0.2) is 5.65 Å². The van der Waals surface area contributed by atoms with E-state index in [1.54, 1.807) is 23.0 Å². The van der Waals surface area contributed by atoms with Gasteiger partial charge in [0.1, 0.15) is 11.3 Å². The summed E-state index contributed by atoms with van der Waals surface area (Å²) in [5.74, 6) is 0.480. The maximum atomic E-state index is 12.6. The number of carbonyl (C=O) groups is 1. The summed E-state index contributed by atoms with van der Waals surface area (Å²) in [7, 11) is 0. The third-order valence-electron chi connectivity index (χ3n) is 4.68. The summed E-state index contributed by atoms with van der Waals surface area (Å²) in [5.41, 5.74) is 5.27. The first-order valence-electron chi connectivity index (χ1n) is 8.82. The monoisotopic (exact) mass is 360 g/mol. The molecule has 1 aromatic carbocycles. The SMILES string of the molecule is Cc1nc2c(C(=O)NCc3ccco3)cnn2c(C)c1Cc1ccccc1. The predicted molar refractivity (Wildman–Crippen MR) is 102 cm³/mol. The number of nitrogens with zero attached hydrogens (tertiary/aromatic N) is 3. The van der Waals surface area contributed by atoms with Crippen molar-refractivity contribution >= 4 is 11.6 Å². The van der Waals surface area contributed by atoms with Gasteiger partial charge in [-0.15, -0.1) is 0 Å². The van der Waals surface area contributed by atoms with Crippen LogP contribution in [0.4, 0.5) is 0 Å². The van der Waals surface area contributed by atoms with Crippen molar-refractivity contribution in [3.63, 3.8) is 0 Å². The van der Waals surface area contributed by atoms with Crippen LogP contribution in [0.5, 0.6) is 0 Å². The Hall–Kier alpha value is -3.41. The summed E-state index contributed by atoms with van der Waals surface area (Å²) in [5, 5.41) is 7.24. The number of aromatic nitrogens is 3. The number of carbonyl (C=O) groups excluding carboxylic acids is 1. The molecule has 0 saturated carbocycles. The van der Waals surface area contributed by atoms with Crippen LogP contribution in [0, 0.1) is 13.8 Å². The normalized spacial score (nSPS) is 11.0. The molecular formula is C21H20N4O2. The summed E-state index contributed by atoms with van der Waals surface area (Å²) < 4.78 is 6.99. The van der Waals surface area contributed by atoms with Crippen LogP contribution < -0.4 is 5.32 Å². The summed E-state index contributed by atoms with van der Waals surface area (Å²) in [6.07, 6.45) is 3.93. The van der Waals surface area contributed by atoms with E-state index in [1.807, 2.05) is 38.1 Å². The third-order valence-corrected chi connectivity index (χ3v) is 4.68. The van der Waals surface area contributed by atoms with Gasteiger partial charge in [-0.3, -0.25) is 4.79 Å². The van der Waals surface area contributed by atoms with Gasteiger partial charge in [-0.2, -0.15) is 5.10 Å². The van der Waals surface area contributed by atoms with Gasteiger partial charge in [0.2, 0.25) is 0 Å². The number of hydrogen-bond donors (Lipinski definition) is 1. The van der Waals surface area contributed by atoms with Crippen LogP contribution in [0.15, 0.2) is 59.3 Å². The first-order valence-corrected chi connectivity index (χ1v) is 8.82. The Morgan fingerprint density at radius 1 is 1.15 bits per heavy atom. The fourth-order valence-electron chi connectivity index (χ4n) is 3.20. The molecule has 0 unspecified atom stereocenters. The lowest BCUT2D eigenvalue weighted by Gasteiger charge is -2.11. The van der Waals surface area contributed by atoms with Crippen molar-refractivity contribution in [2.24, 2.45) is 0 Å². The van der Waals surface area contributed by atoms with Crippen LogP contribution in [0.3, 0.4) is 0 Å². The van der Waals surface area contributed by atoms with Gasteiger partial charge in [-0.25, -0.2) is 9.50 Å². The Morgan fingerprint density at radius 2 is 1.96 bits per heavy atom. The zero-order valence-corrected chi connectivity index (χ0v) is 15.3. The Labute approximate surface area is 156 Å². The van der Waals surface area contributed by atoms with E-state index in [4.69, 9.17) is 4.42 Å². The molecule has 0 saturated heterocycles. The molecule has 0 fully saturated rings. The lowest BCUT2D eigenvalue weighted by molar-refractivity contribution is 0.0949. The zero-order valence-electron chi connectivity index (χ0n) is 15.3. The highest BCUT2D eigenvalue weighted by Crippen LogP contribution is 2.20. The number of hydrogen-bond acceptors (Lipinski definition) is 4. The van der Waals surface area contributed by atoms with Gasteiger partial charge in [0, 0.05) is 17.8 Å². The zero-order chi connectivity index (χ0) is 18.8. The quantitative estimate of drug-likeness (QED) is 0.592. The summed E-state index contributed by atoms with van der Waals surface area (Å²) >= 11 is 0. The van der Waals surface area contributed by atoms with E-state index in [0.29, 0.717) is 23.5 Å². The maximum absolute atomic E-state index is 12.6. The molecule has 0 spiro atoms. The summed E-state index contributed by atoms with van der Waals surface area (Å²) in [4.78, 5) is 17.2. The van der Waals surface area contributed by atoms with E-state index in [9.17, 15) is 4.79 Å². The molecule has 0 atom stereocenters. The molecule has 27 heavy (non-hydrogen) atoms. The molecule has 0 radical (unpaired) electrons. The van der Waals surface area contributed by atoms with Gasteiger partial charge in [0.05, 0.1) is 19.0 Å². The molecule has 6 heteroatoms. The second-order valence-electron chi connectivity index (χ2n) is 6.48. The van der Waals surface area contributed by atoms with Gasteiger partial charge >= 0.3 is 0 Å². The molecule has 3 heterocycles. The van der Waals surface area contributed by atoms with Crippen LogP contribution in [0.1, 0.15) is 38.6 Å². The van der Waals surface area contributed by atoms with Crippen molar-refractivity contribution in [3.05, 3.63) is 88.8 Å². The standard InChI is InChI=1S/C21H20N4O2/c1-14-18(11-16-7-4-3-5-8-16)15(2)25-20(24-14)19(13-23-25)21(26)22-12-17-9-6-10-27-17/h3-10,13H,11-12H2,1-2H3,(H,22,26). The number of aryl methyl sites for hydroxylation is 2. The number of fused-ring (bicyclic) bond motifs is 1. The molecule has 1 N–H and O–H groups in total. The Bertz CT molecular complexity index is 1080. The van der Waals surface area contributed by atoms with E-state index in [-0.39, 0.29) is 5.91 Å². The molecule has 3 aromatic heterocycles. The van der Waals surface area contributed by atoms with Crippen molar-refractivity contribution in [3.8, 4) is 0 Å². The fraction of sp³-hybridized carbons (Fsp3) is 0.190. The van der Waals surface area contributed by atoms with Crippen LogP contribution in [-0.2, 0) is 13.0 Å². The molecule has 136 valence electrons. The maximum Gasteiger partial charge on any atom is 0.257 e. The van der Waals surface area contributed by atoms with Gasteiger partial charge in [-0.05, 0) is 37.1 Å². The molecule has 6 nitrogen and oxygen atoms in total. The molecule has 4 aromatic rings. The van der Waals surface area contributed by atoms with Gasteiger partial charge in [0.25, 0.3) is 5.91 Å². The molecule has 1 amide bonds. The van der Waals surface area contributed by atoms with E-state index in [0.717, 1.165) is 23.4 Å². The number of amides is 1. The number of rotatable bonds is 5.